The monoisotopic (exact) mass is 280 g/mol. The first-order valence-corrected chi connectivity index (χ1v) is 7.41. The molecule has 5 nitrogen and oxygen atoms in total. The van der Waals surface area contributed by atoms with Crippen molar-refractivity contribution in [3.05, 3.63) is 12.2 Å². The molecule has 5 rings (SSSR count). The zero-order valence-corrected chi connectivity index (χ0v) is 11.9. The van der Waals surface area contributed by atoms with Crippen molar-refractivity contribution in [1.29, 1.82) is 0 Å². The van der Waals surface area contributed by atoms with Gasteiger partial charge in [-0.3, -0.25) is 0 Å². The molecule has 4 aliphatic heterocycles. The summed E-state index contributed by atoms with van der Waals surface area (Å²) in [6.45, 7) is 8.00. The van der Waals surface area contributed by atoms with Crippen molar-refractivity contribution in [1.82, 2.24) is 0 Å². The molecule has 4 saturated heterocycles. The summed E-state index contributed by atoms with van der Waals surface area (Å²) in [5.74, 6) is -0.501. The molecule has 20 heavy (non-hydrogen) atoms. The molecule has 5 aliphatic rings. The van der Waals surface area contributed by atoms with Crippen LogP contribution in [0.4, 0.5) is 0 Å². The third-order valence-electron chi connectivity index (χ3n) is 5.62. The van der Waals surface area contributed by atoms with Gasteiger partial charge in [-0.1, -0.05) is 13.5 Å². The fourth-order valence-electron chi connectivity index (χ4n) is 4.46. The van der Waals surface area contributed by atoms with Crippen LogP contribution in [0.2, 0.25) is 0 Å². The second kappa shape index (κ2) is 3.84. The standard InChI is InChI=1S/C15H20O5/c1-8-4-5-11-9(2)12(16)17-13-15(11)10(8)6-7-14(3,18-13)19-20-15/h8,10-11,13H,2,4-7H2,1,3H3/t8?,10?,11?,13?,14-,15-/m1/s1. The lowest BCUT2D eigenvalue weighted by Gasteiger charge is -2.56. The molecule has 0 aromatic rings. The van der Waals surface area contributed by atoms with Gasteiger partial charge in [-0.25, -0.2) is 14.6 Å². The number of rotatable bonds is 0. The van der Waals surface area contributed by atoms with E-state index >= 15 is 0 Å². The summed E-state index contributed by atoms with van der Waals surface area (Å²) >= 11 is 0. The molecule has 110 valence electrons. The molecule has 0 aromatic heterocycles. The highest BCUT2D eigenvalue weighted by Crippen LogP contribution is 2.59. The van der Waals surface area contributed by atoms with E-state index in [1.54, 1.807) is 0 Å². The van der Waals surface area contributed by atoms with E-state index in [1.807, 2.05) is 6.92 Å². The minimum atomic E-state index is -0.823. The van der Waals surface area contributed by atoms with Crippen LogP contribution in [0.3, 0.4) is 0 Å². The van der Waals surface area contributed by atoms with Crippen LogP contribution in [0.25, 0.3) is 0 Å². The van der Waals surface area contributed by atoms with E-state index in [0.717, 1.165) is 25.7 Å². The Morgan fingerprint density at radius 1 is 1.25 bits per heavy atom. The van der Waals surface area contributed by atoms with Crippen molar-refractivity contribution in [3.63, 3.8) is 0 Å². The van der Waals surface area contributed by atoms with E-state index in [1.165, 1.54) is 0 Å². The largest absolute Gasteiger partial charge is 0.429 e. The summed E-state index contributed by atoms with van der Waals surface area (Å²) in [6.07, 6.45) is 2.95. The Morgan fingerprint density at radius 2 is 2.05 bits per heavy atom. The molecule has 1 aliphatic carbocycles. The van der Waals surface area contributed by atoms with Crippen LogP contribution in [0.15, 0.2) is 12.2 Å². The van der Waals surface area contributed by atoms with Crippen LogP contribution in [0, 0.1) is 17.8 Å². The molecule has 0 aromatic carbocycles. The number of carbonyl (C=O) groups is 1. The maximum Gasteiger partial charge on any atom is 0.336 e. The van der Waals surface area contributed by atoms with Gasteiger partial charge in [0.15, 0.2) is 5.60 Å². The number of esters is 1. The second-order valence-electron chi connectivity index (χ2n) is 6.79. The molecule has 2 bridgehead atoms. The van der Waals surface area contributed by atoms with Crippen LogP contribution in [0.1, 0.15) is 39.5 Å². The van der Waals surface area contributed by atoms with Gasteiger partial charge in [0, 0.05) is 23.8 Å². The zero-order valence-electron chi connectivity index (χ0n) is 11.9. The SMILES string of the molecule is C=C1C(=O)OC2O[C@@]3(C)CCC4C(C)CCC1[C@@]24OO3. The first-order valence-electron chi connectivity index (χ1n) is 7.41. The third-order valence-corrected chi connectivity index (χ3v) is 5.62. The molecule has 4 heterocycles. The summed E-state index contributed by atoms with van der Waals surface area (Å²) in [7, 11) is 0. The molecule has 5 heteroatoms. The lowest BCUT2D eigenvalue weighted by atomic mass is 9.59. The molecular weight excluding hydrogens is 260 g/mol. The van der Waals surface area contributed by atoms with E-state index in [0.29, 0.717) is 11.5 Å². The van der Waals surface area contributed by atoms with Crippen molar-refractivity contribution in [2.45, 2.75) is 57.2 Å². The van der Waals surface area contributed by atoms with Crippen LogP contribution in [0.5, 0.6) is 0 Å². The number of hydrogen-bond acceptors (Lipinski definition) is 5. The van der Waals surface area contributed by atoms with E-state index in [-0.39, 0.29) is 17.8 Å². The average Bonchev–Trinajstić information content (AvgIpc) is 2.63. The normalized spacial score (nSPS) is 54.1. The molecule has 6 atom stereocenters. The minimum absolute atomic E-state index is 0.0717. The lowest BCUT2D eigenvalue weighted by Crippen LogP contribution is -2.68. The van der Waals surface area contributed by atoms with E-state index in [4.69, 9.17) is 19.2 Å². The molecule has 5 fully saturated rings. The molecule has 0 N–H and O–H groups in total. The highest BCUT2D eigenvalue weighted by molar-refractivity contribution is 5.89. The summed E-state index contributed by atoms with van der Waals surface area (Å²) in [5.41, 5.74) is -0.213. The fourth-order valence-corrected chi connectivity index (χ4v) is 4.46. The Balaban J connectivity index is 1.86. The Bertz CT molecular complexity index is 489. The van der Waals surface area contributed by atoms with Gasteiger partial charge in [0.1, 0.15) is 0 Å². The van der Waals surface area contributed by atoms with Gasteiger partial charge in [0.05, 0.1) is 0 Å². The minimum Gasteiger partial charge on any atom is -0.429 e. The Kier molecular flexibility index (Phi) is 2.46. The van der Waals surface area contributed by atoms with Gasteiger partial charge < -0.3 is 9.47 Å². The van der Waals surface area contributed by atoms with Gasteiger partial charge in [-0.05, 0) is 32.1 Å². The Labute approximate surface area is 118 Å². The molecule has 4 unspecified atom stereocenters. The Morgan fingerprint density at radius 3 is 2.85 bits per heavy atom. The number of carbonyl (C=O) groups excluding carboxylic acids is 1. The van der Waals surface area contributed by atoms with Gasteiger partial charge in [-0.15, -0.1) is 0 Å². The van der Waals surface area contributed by atoms with Crippen LogP contribution >= 0.6 is 0 Å². The molecule has 0 radical (unpaired) electrons. The number of ether oxygens (including phenoxy) is 2. The smallest absolute Gasteiger partial charge is 0.336 e. The van der Waals surface area contributed by atoms with Crippen molar-refractivity contribution in [3.8, 4) is 0 Å². The quantitative estimate of drug-likeness (QED) is 0.387. The summed E-state index contributed by atoms with van der Waals surface area (Å²) < 4.78 is 11.5. The first-order chi connectivity index (χ1) is 9.46. The summed E-state index contributed by atoms with van der Waals surface area (Å²) in [6, 6.07) is 0. The van der Waals surface area contributed by atoms with Crippen molar-refractivity contribution < 1.29 is 24.0 Å². The van der Waals surface area contributed by atoms with Crippen molar-refractivity contribution in [2.75, 3.05) is 0 Å². The Hall–Kier alpha value is -0.910. The first kappa shape index (κ1) is 12.8. The summed E-state index contributed by atoms with van der Waals surface area (Å²) in [5, 5.41) is 0. The molecular formula is C15H20O5. The molecule has 0 amide bonds. The third kappa shape index (κ3) is 1.41. The number of hydrogen-bond donors (Lipinski definition) is 0. The van der Waals surface area contributed by atoms with E-state index < -0.39 is 17.7 Å². The van der Waals surface area contributed by atoms with Crippen LogP contribution < -0.4 is 0 Å². The topological polar surface area (TPSA) is 54.0 Å². The highest BCUT2D eigenvalue weighted by atomic mass is 17.3. The van der Waals surface area contributed by atoms with Crippen LogP contribution in [-0.2, 0) is 24.0 Å². The maximum absolute atomic E-state index is 12.0. The summed E-state index contributed by atoms with van der Waals surface area (Å²) in [4.78, 5) is 23.5. The van der Waals surface area contributed by atoms with E-state index in [2.05, 4.69) is 13.5 Å². The van der Waals surface area contributed by atoms with Gasteiger partial charge in [0.2, 0.25) is 12.1 Å². The van der Waals surface area contributed by atoms with Crippen LogP contribution in [-0.4, -0.2) is 23.6 Å². The maximum atomic E-state index is 12.0. The number of fused-ring (bicyclic) bond motifs is 2. The fraction of sp³-hybridized carbons (Fsp3) is 0.800. The molecule has 1 spiro atoms. The van der Waals surface area contributed by atoms with Gasteiger partial charge in [-0.2, -0.15) is 0 Å². The van der Waals surface area contributed by atoms with Gasteiger partial charge >= 0.3 is 5.97 Å². The zero-order chi connectivity index (χ0) is 14.1. The van der Waals surface area contributed by atoms with Crippen molar-refractivity contribution >= 4 is 5.97 Å². The predicted octanol–water partition coefficient (Wildman–Crippen LogP) is 2.32. The predicted molar refractivity (Wildman–Crippen MR) is 68.0 cm³/mol. The highest BCUT2D eigenvalue weighted by Gasteiger charge is 2.69. The van der Waals surface area contributed by atoms with Crippen molar-refractivity contribution in [2.24, 2.45) is 17.8 Å². The van der Waals surface area contributed by atoms with Gasteiger partial charge in [0.25, 0.3) is 0 Å². The average molecular weight is 280 g/mol. The second-order valence-corrected chi connectivity index (χ2v) is 6.79. The van der Waals surface area contributed by atoms with E-state index in [9.17, 15) is 4.79 Å². The lowest BCUT2D eigenvalue weighted by molar-refractivity contribution is -0.554. The molecule has 1 saturated carbocycles.